The zero-order chi connectivity index (χ0) is 13.1. The highest BCUT2D eigenvalue weighted by molar-refractivity contribution is 5.99. The summed E-state index contributed by atoms with van der Waals surface area (Å²) in [4.78, 5) is 11.9. The summed E-state index contributed by atoms with van der Waals surface area (Å²) >= 11 is 0. The lowest BCUT2D eigenvalue weighted by Gasteiger charge is -2.08. The molecule has 1 unspecified atom stereocenters. The van der Waals surface area contributed by atoms with Crippen molar-refractivity contribution in [1.82, 2.24) is 5.32 Å². The molecule has 0 saturated heterocycles. The summed E-state index contributed by atoms with van der Waals surface area (Å²) in [6.45, 7) is -0.791. The van der Waals surface area contributed by atoms with Gasteiger partial charge in [-0.3, -0.25) is 4.79 Å². The third-order valence-electron chi connectivity index (χ3n) is 1.98. The van der Waals surface area contributed by atoms with Crippen molar-refractivity contribution in [2.24, 2.45) is 0 Å². The van der Waals surface area contributed by atoms with E-state index in [1.807, 2.05) is 0 Å². The van der Waals surface area contributed by atoms with Crippen LogP contribution in [0.1, 0.15) is 21.4 Å². The molecule has 0 aliphatic carbocycles. The summed E-state index contributed by atoms with van der Waals surface area (Å²) in [7, 11) is 1.54. The predicted molar refractivity (Wildman–Crippen MR) is 63.1 cm³/mol. The Hall–Kier alpha value is -1.06. The summed E-state index contributed by atoms with van der Waals surface area (Å²) in [6.07, 6.45) is 0. The van der Waals surface area contributed by atoms with E-state index in [1.54, 1.807) is 24.3 Å². The molecule has 0 radical (unpaired) electrons. The molecule has 15 heavy (non-hydrogen) atoms. The van der Waals surface area contributed by atoms with Gasteiger partial charge in [-0.25, -0.2) is 0 Å². The first-order valence-electron chi connectivity index (χ1n) is 5.79. The van der Waals surface area contributed by atoms with E-state index in [9.17, 15) is 4.79 Å². The minimum atomic E-state index is -2.32. The van der Waals surface area contributed by atoms with E-state index in [-0.39, 0.29) is 18.2 Å². The fourth-order valence-electron chi connectivity index (χ4n) is 1.07. The van der Waals surface area contributed by atoms with Gasteiger partial charge >= 0.3 is 0 Å². The Morgan fingerprint density at radius 1 is 1.47 bits per heavy atom. The SMILES string of the molecule is Cl.[2H][13C]([2H])([2H])NC(C)C(=O)c1ccc(OC)cc1. The Morgan fingerprint density at radius 2 is 2.07 bits per heavy atom. The van der Waals surface area contributed by atoms with Crippen molar-refractivity contribution in [2.45, 2.75) is 13.0 Å². The summed E-state index contributed by atoms with van der Waals surface area (Å²) in [6, 6.07) is 5.79. The number of likely N-dealkylation sites (N-methyl/N-ethyl adjacent to an activating group) is 1. The van der Waals surface area contributed by atoms with E-state index in [0.717, 1.165) is 0 Å². The molecule has 4 heteroatoms. The van der Waals surface area contributed by atoms with Crippen molar-refractivity contribution in [2.75, 3.05) is 14.1 Å². The third-order valence-corrected chi connectivity index (χ3v) is 1.98. The number of halogens is 1. The number of ketones is 1. The van der Waals surface area contributed by atoms with Crippen molar-refractivity contribution in [3.05, 3.63) is 29.8 Å². The molecule has 1 N–H and O–H groups in total. The lowest BCUT2D eigenvalue weighted by Crippen LogP contribution is -2.30. The van der Waals surface area contributed by atoms with E-state index >= 15 is 0 Å². The molecule has 0 aromatic heterocycles. The van der Waals surface area contributed by atoms with Gasteiger partial charge in [0.15, 0.2) is 5.78 Å². The van der Waals surface area contributed by atoms with E-state index in [2.05, 4.69) is 5.32 Å². The molecule has 84 valence electrons. The summed E-state index contributed by atoms with van der Waals surface area (Å²) < 4.78 is 26.1. The largest absolute Gasteiger partial charge is 0.497 e. The number of Topliss-reactive ketones (excluding diaryl/α,β-unsaturated/α-hetero) is 1. The van der Waals surface area contributed by atoms with Crippen LogP contribution in [0.2, 0.25) is 0 Å². The summed E-state index contributed by atoms with van der Waals surface area (Å²) in [5.74, 6) is 0.391. The van der Waals surface area contributed by atoms with Gasteiger partial charge in [-0.2, -0.15) is 0 Å². The minimum Gasteiger partial charge on any atom is -0.497 e. The summed E-state index contributed by atoms with van der Waals surface area (Å²) in [5, 5.41) is 2.27. The maximum atomic E-state index is 11.9. The highest BCUT2D eigenvalue weighted by Crippen LogP contribution is 2.12. The van der Waals surface area contributed by atoms with Crippen LogP contribution in [0.3, 0.4) is 0 Å². The van der Waals surface area contributed by atoms with Gasteiger partial charge in [0.1, 0.15) is 5.75 Å². The molecule has 0 fully saturated rings. The number of ether oxygens (including phenoxy) is 1. The highest BCUT2D eigenvalue weighted by atomic mass is 35.5. The number of hydrogen-bond acceptors (Lipinski definition) is 3. The number of carbonyl (C=O) groups is 1. The molecule has 0 amide bonds. The Labute approximate surface area is 100 Å². The Balaban J connectivity index is 0.00000289. The van der Waals surface area contributed by atoms with Gasteiger partial charge in [0.2, 0.25) is 0 Å². The van der Waals surface area contributed by atoms with Crippen molar-refractivity contribution in [1.29, 1.82) is 0 Å². The van der Waals surface area contributed by atoms with E-state index in [0.29, 0.717) is 11.3 Å². The fraction of sp³-hybridized carbons (Fsp3) is 0.364. The van der Waals surface area contributed by atoms with Gasteiger partial charge in [0.25, 0.3) is 0 Å². The normalized spacial score (nSPS) is 15.2. The van der Waals surface area contributed by atoms with E-state index in [1.165, 1.54) is 14.0 Å². The van der Waals surface area contributed by atoms with Gasteiger partial charge in [-0.1, -0.05) is 0 Å². The number of rotatable bonds is 4. The smallest absolute Gasteiger partial charge is 0.179 e. The van der Waals surface area contributed by atoms with Gasteiger partial charge in [0, 0.05) is 9.68 Å². The van der Waals surface area contributed by atoms with E-state index in [4.69, 9.17) is 8.85 Å². The Kier molecular flexibility index (Phi) is 3.94. The van der Waals surface area contributed by atoms with Crippen molar-refractivity contribution >= 4 is 18.2 Å². The zero-order valence-electron chi connectivity index (χ0n) is 11.6. The minimum absolute atomic E-state index is 0. The number of methoxy groups -OCH3 is 1. The van der Waals surface area contributed by atoms with Crippen molar-refractivity contribution in [3.63, 3.8) is 0 Å². The average molecular weight is 234 g/mol. The predicted octanol–water partition coefficient (Wildman–Crippen LogP) is 1.91. The zero-order valence-corrected chi connectivity index (χ0v) is 9.43. The van der Waals surface area contributed by atoms with Gasteiger partial charge in [0.05, 0.1) is 13.2 Å². The van der Waals surface area contributed by atoms with Gasteiger partial charge in [-0.05, 0) is 38.2 Å². The molecule has 1 aromatic rings. The van der Waals surface area contributed by atoms with Crippen LogP contribution in [-0.4, -0.2) is 25.9 Å². The quantitative estimate of drug-likeness (QED) is 0.638. The van der Waals surface area contributed by atoms with Crippen LogP contribution in [0.15, 0.2) is 24.3 Å². The Morgan fingerprint density at radius 3 is 2.53 bits per heavy atom. The number of benzene rings is 1. The van der Waals surface area contributed by atoms with E-state index < -0.39 is 13.0 Å². The second kappa shape index (κ2) is 6.43. The first kappa shape index (κ1) is 9.19. The standard InChI is InChI=1S/C11H15NO2.ClH/c1-8(12-2)11(13)9-4-6-10(14-3)7-5-9;/h4-8,12H,1-3H3;1H/i2+1D3;. The fourth-order valence-corrected chi connectivity index (χ4v) is 1.07. The monoisotopic (exact) mass is 233 g/mol. The lowest BCUT2D eigenvalue weighted by atomic mass is 10.1. The number of carbonyl (C=O) groups excluding carboxylic acids is 1. The molecule has 1 aromatic carbocycles. The number of hydrogen-bond donors (Lipinski definition) is 1. The second-order valence-corrected chi connectivity index (χ2v) is 2.96. The highest BCUT2D eigenvalue weighted by Gasteiger charge is 2.12. The topological polar surface area (TPSA) is 38.3 Å². The van der Waals surface area contributed by atoms with Gasteiger partial charge < -0.3 is 10.1 Å². The molecule has 0 spiro atoms. The van der Waals surface area contributed by atoms with Crippen LogP contribution in [0.25, 0.3) is 0 Å². The first-order chi connectivity index (χ1) is 7.83. The van der Waals surface area contributed by atoms with Gasteiger partial charge in [-0.15, -0.1) is 12.4 Å². The molecule has 1 rings (SSSR count). The van der Waals surface area contributed by atoms with Crippen LogP contribution in [0, 0.1) is 0 Å². The van der Waals surface area contributed by atoms with Crippen LogP contribution >= 0.6 is 12.4 Å². The number of nitrogens with one attached hydrogen (secondary N) is 1. The van der Waals surface area contributed by atoms with Crippen LogP contribution in [0.4, 0.5) is 0 Å². The second-order valence-electron chi connectivity index (χ2n) is 2.96. The van der Waals surface area contributed by atoms with Crippen LogP contribution < -0.4 is 10.1 Å². The lowest BCUT2D eigenvalue weighted by molar-refractivity contribution is 0.0955. The molecular formula is C11H16ClNO2. The first-order valence-corrected chi connectivity index (χ1v) is 4.29. The summed E-state index contributed by atoms with van der Waals surface area (Å²) in [5.41, 5.74) is 0.454. The molecular weight excluding hydrogens is 215 g/mol. The van der Waals surface area contributed by atoms with Crippen molar-refractivity contribution in [3.8, 4) is 5.75 Å². The molecule has 0 bridgehead atoms. The third kappa shape index (κ3) is 3.53. The molecule has 0 saturated carbocycles. The Bertz CT molecular complexity index is 392. The maximum Gasteiger partial charge on any atom is 0.179 e. The molecule has 3 nitrogen and oxygen atoms in total. The van der Waals surface area contributed by atoms with Crippen LogP contribution in [-0.2, 0) is 0 Å². The molecule has 1 atom stereocenters. The molecule has 0 heterocycles. The van der Waals surface area contributed by atoms with Crippen molar-refractivity contribution < 1.29 is 13.6 Å². The molecule has 0 aliphatic heterocycles. The maximum absolute atomic E-state index is 11.9. The average Bonchev–Trinajstić information content (AvgIpc) is 2.26. The molecule has 0 aliphatic rings. The van der Waals surface area contributed by atoms with Crippen LogP contribution in [0.5, 0.6) is 5.75 Å².